The Morgan fingerprint density at radius 2 is 1.86 bits per heavy atom. The summed E-state index contributed by atoms with van der Waals surface area (Å²) in [6.07, 6.45) is 7.19. The van der Waals surface area contributed by atoms with Crippen LogP contribution in [-0.4, -0.2) is 27.7 Å². The Balaban J connectivity index is 1.55. The van der Waals surface area contributed by atoms with Crippen LogP contribution in [-0.2, 0) is 6.54 Å². The van der Waals surface area contributed by atoms with Gasteiger partial charge in [0.2, 0.25) is 0 Å². The van der Waals surface area contributed by atoms with Gasteiger partial charge in [-0.3, -0.25) is 4.98 Å². The van der Waals surface area contributed by atoms with Gasteiger partial charge in [0, 0.05) is 40.3 Å². The van der Waals surface area contributed by atoms with Crippen molar-refractivity contribution in [3.8, 4) is 5.75 Å². The molecule has 2 N–H and O–H groups in total. The van der Waals surface area contributed by atoms with Crippen molar-refractivity contribution in [2.24, 2.45) is 0 Å². The summed E-state index contributed by atoms with van der Waals surface area (Å²) in [6.45, 7) is 0.675. The van der Waals surface area contributed by atoms with Crippen LogP contribution in [0.3, 0.4) is 0 Å². The number of amides is 2. The molecule has 0 unspecified atom stereocenters. The minimum Gasteiger partial charge on any atom is -0.495 e. The molecular weight excluding hydrogens is 481 g/mol. The van der Waals surface area contributed by atoms with Gasteiger partial charge in [-0.1, -0.05) is 0 Å². The third kappa shape index (κ3) is 4.32. The Morgan fingerprint density at radius 3 is 2.66 bits per heavy atom. The second-order valence-electron chi connectivity index (χ2n) is 6.32. The number of aromatic nitrogens is 3. The number of ether oxygens (including phenoxy) is 1. The predicted molar refractivity (Wildman–Crippen MR) is 121 cm³/mol. The molecule has 7 nitrogen and oxygen atoms in total. The average molecular weight is 499 g/mol. The van der Waals surface area contributed by atoms with Gasteiger partial charge in [0.15, 0.2) is 0 Å². The highest BCUT2D eigenvalue weighted by molar-refractivity contribution is 14.1. The van der Waals surface area contributed by atoms with Crippen LogP contribution in [0.15, 0.2) is 67.3 Å². The van der Waals surface area contributed by atoms with Gasteiger partial charge in [-0.2, -0.15) is 0 Å². The predicted octanol–water partition coefficient (Wildman–Crippen LogP) is 4.74. The molecule has 0 aliphatic carbocycles. The van der Waals surface area contributed by atoms with Crippen LogP contribution < -0.4 is 15.4 Å². The smallest absolute Gasteiger partial charge is 0.323 e. The molecule has 4 aromatic rings. The molecule has 0 spiro atoms. The van der Waals surface area contributed by atoms with Gasteiger partial charge in [-0.25, -0.2) is 9.78 Å². The van der Waals surface area contributed by atoms with Gasteiger partial charge >= 0.3 is 6.03 Å². The third-order valence-electron chi connectivity index (χ3n) is 4.42. The summed E-state index contributed by atoms with van der Waals surface area (Å²) in [7, 11) is 1.57. The Morgan fingerprint density at radius 1 is 1.07 bits per heavy atom. The number of hydrogen-bond acceptors (Lipinski definition) is 4. The van der Waals surface area contributed by atoms with Crippen molar-refractivity contribution in [2.75, 3.05) is 17.7 Å². The minimum absolute atomic E-state index is 0.348. The molecule has 3 aromatic heterocycles. The first-order valence-corrected chi connectivity index (χ1v) is 9.96. The van der Waals surface area contributed by atoms with Gasteiger partial charge in [0.25, 0.3) is 0 Å². The van der Waals surface area contributed by atoms with E-state index in [1.54, 1.807) is 31.8 Å². The van der Waals surface area contributed by atoms with Crippen LogP contribution in [0.4, 0.5) is 16.2 Å². The number of rotatable bonds is 5. The molecule has 2 amide bonds. The largest absolute Gasteiger partial charge is 0.495 e. The van der Waals surface area contributed by atoms with Crippen molar-refractivity contribution in [3.05, 3.63) is 76.4 Å². The molecule has 3 heterocycles. The van der Waals surface area contributed by atoms with Crippen LogP contribution in [0.5, 0.6) is 5.75 Å². The van der Waals surface area contributed by atoms with E-state index >= 15 is 0 Å². The first-order valence-electron chi connectivity index (χ1n) is 8.88. The van der Waals surface area contributed by atoms with E-state index in [0.717, 1.165) is 20.2 Å². The van der Waals surface area contributed by atoms with Gasteiger partial charge < -0.3 is 19.9 Å². The summed E-state index contributed by atoms with van der Waals surface area (Å²) >= 11 is 2.19. The maximum atomic E-state index is 12.6. The quantitative estimate of drug-likeness (QED) is 0.389. The standard InChI is InChI=1S/C21H18IN5O2/c1-29-19-3-2-15(22)12-18(19)26-21(28)25-17-6-10-24-20-16(17)7-11-27(20)13-14-4-8-23-9-5-14/h2-12H,13H2,1H3,(H2,24,25,26,28). The molecule has 8 heteroatoms. The van der Waals surface area contributed by atoms with Crippen LogP contribution in [0.25, 0.3) is 11.0 Å². The van der Waals surface area contributed by atoms with Crippen LogP contribution in [0.2, 0.25) is 0 Å². The molecule has 0 aliphatic heterocycles. The molecule has 0 fully saturated rings. The Hall–Kier alpha value is -3.14. The average Bonchev–Trinajstić information content (AvgIpc) is 3.13. The van der Waals surface area contributed by atoms with E-state index in [1.807, 2.05) is 47.2 Å². The summed E-state index contributed by atoms with van der Waals surface area (Å²) in [5, 5.41) is 6.63. The number of anilines is 2. The van der Waals surface area contributed by atoms with Crippen molar-refractivity contribution in [1.82, 2.24) is 14.5 Å². The maximum Gasteiger partial charge on any atom is 0.323 e. The first kappa shape index (κ1) is 19.2. The number of pyridine rings is 2. The van der Waals surface area contributed by atoms with Gasteiger partial charge in [0.05, 0.1) is 18.5 Å². The number of carbonyl (C=O) groups excluding carboxylic acids is 1. The van der Waals surface area contributed by atoms with Crippen LogP contribution in [0.1, 0.15) is 5.56 Å². The van der Waals surface area contributed by atoms with Crippen molar-refractivity contribution >= 4 is 51.0 Å². The van der Waals surface area contributed by atoms with E-state index in [9.17, 15) is 4.79 Å². The zero-order chi connectivity index (χ0) is 20.2. The molecule has 29 heavy (non-hydrogen) atoms. The molecule has 1 aromatic carbocycles. The number of benzene rings is 1. The number of carbonyl (C=O) groups is 1. The molecule has 0 atom stereocenters. The highest BCUT2D eigenvalue weighted by atomic mass is 127. The third-order valence-corrected chi connectivity index (χ3v) is 5.09. The Bertz CT molecular complexity index is 1160. The van der Waals surface area contributed by atoms with Gasteiger partial charge in [-0.15, -0.1) is 0 Å². The highest BCUT2D eigenvalue weighted by Gasteiger charge is 2.12. The number of halogens is 1. The summed E-state index contributed by atoms with van der Waals surface area (Å²) in [5.74, 6) is 0.601. The number of urea groups is 1. The molecule has 0 aliphatic rings. The lowest BCUT2D eigenvalue weighted by atomic mass is 10.2. The fourth-order valence-corrected chi connectivity index (χ4v) is 3.56. The maximum absolute atomic E-state index is 12.6. The van der Waals surface area contributed by atoms with E-state index in [0.29, 0.717) is 23.7 Å². The SMILES string of the molecule is COc1ccc(I)cc1NC(=O)Nc1ccnc2c1ccn2Cc1ccncc1. The lowest BCUT2D eigenvalue weighted by molar-refractivity contribution is 0.262. The van der Waals surface area contributed by atoms with E-state index < -0.39 is 0 Å². The Kier molecular flexibility index (Phi) is 5.61. The second-order valence-corrected chi connectivity index (χ2v) is 7.56. The lowest BCUT2D eigenvalue weighted by Crippen LogP contribution is -2.20. The van der Waals surface area contributed by atoms with Crippen molar-refractivity contribution in [3.63, 3.8) is 0 Å². The number of hydrogen-bond donors (Lipinski definition) is 2. The zero-order valence-corrected chi connectivity index (χ0v) is 17.8. The van der Waals surface area contributed by atoms with Gasteiger partial charge in [0.1, 0.15) is 11.4 Å². The second kappa shape index (κ2) is 8.48. The topological polar surface area (TPSA) is 81.1 Å². The monoisotopic (exact) mass is 499 g/mol. The first-order chi connectivity index (χ1) is 14.1. The van der Waals surface area contributed by atoms with Crippen molar-refractivity contribution < 1.29 is 9.53 Å². The van der Waals surface area contributed by atoms with E-state index in [2.05, 4.69) is 43.2 Å². The summed E-state index contributed by atoms with van der Waals surface area (Å²) in [6, 6.07) is 12.9. The van der Waals surface area contributed by atoms with E-state index in [1.165, 1.54) is 0 Å². The molecule has 146 valence electrons. The molecule has 0 bridgehead atoms. The molecule has 0 saturated carbocycles. The number of nitrogens with zero attached hydrogens (tertiary/aromatic N) is 3. The highest BCUT2D eigenvalue weighted by Crippen LogP contribution is 2.27. The molecular formula is C21H18IN5O2. The number of methoxy groups -OCH3 is 1. The minimum atomic E-state index is -0.348. The van der Waals surface area contributed by atoms with Crippen LogP contribution in [0, 0.1) is 3.57 Å². The lowest BCUT2D eigenvalue weighted by Gasteiger charge is -2.12. The van der Waals surface area contributed by atoms with Crippen molar-refractivity contribution in [1.29, 1.82) is 0 Å². The van der Waals surface area contributed by atoms with Crippen molar-refractivity contribution in [2.45, 2.75) is 6.54 Å². The number of nitrogens with one attached hydrogen (secondary N) is 2. The molecule has 0 saturated heterocycles. The van der Waals surface area contributed by atoms with E-state index in [4.69, 9.17) is 4.74 Å². The van der Waals surface area contributed by atoms with Gasteiger partial charge in [-0.05, 0) is 70.6 Å². The fraction of sp³-hybridized carbons (Fsp3) is 0.0952. The Labute approximate surface area is 181 Å². The van der Waals surface area contributed by atoms with Crippen LogP contribution >= 0.6 is 22.6 Å². The van der Waals surface area contributed by atoms with E-state index in [-0.39, 0.29) is 6.03 Å². The number of fused-ring (bicyclic) bond motifs is 1. The fourth-order valence-electron chi connectivity index (χ4n) is 3.07. The molecule has 0 radical (unpaired) electrons. The summed E-state index contributed by atoms with van der Waals surface area (Å²) in [5.41, 5.74) is 3.22. The zero-order valence-electron chi connectivity index (χ0n) is 15.6. The molecule has 4 rings (SSSR count). The summed E-state index contributed by atoms with van der Waals surface area (Å²) < 4.78 is 8.35. The normalized spacial score (nSPS) is 10.7. The summed E-state index contributed by atoms with van der Waals surface area (Å²) in [4.78, 5) is 21.1.